The molecule has 1 aliphatic heterocycles. The highest BCUT2D eigenvalue weighted by Crippen LogP contribution is 2.30. The molecular formula is C19H15Cl2N3O3S. The lowest BCUT2D eigenvalue weighted by Crippen LogP contribution is -2.19. The van der Waals surface area contributed by atoms with Gasteiger partial charge in [0.15, 0.2) is 5.17 Å². The first-order chi connectivity index (χ1) is 13.5. The number of halogens is 2. The molecule has 0 radical (unpaired) electrons. The Kier molecular flexibility index (Phi) is 6.61. The lowest BCUT2D eigenvalue weighted by molar-refractivity contribution is -0.115. The molecule has 0 unspecified atom stereocenters. The fraction of sp³-hybridized carbons (Fsp3) is 0.105. The zero-order chi connectivity index (χ0) is 20.1. The summed E-state index contributed by atoms with van der Waals surface area (Å²) in [6.45, 7) is 0. The number of thioether (sulfide) groups is 1. The second kappa shape index (κ2) is 9.14. The van der Waals surface area contributed by atoms with Crippen molar-refractivity contribution in [3.8, 4) is 11.5 Å². The van der Waals surface area contributed by atoms with Crippen LogP contribution in [0.5, 0.6) is 11.5 Å². The molecule has 1 fully saturated rings. The topological polar surface area (TPSA) is 72.3 Å². The van der Waals surface area contributed by atoms with E-state index in [1.54, 1.807) is 56.7 Å². The molecule has 0 aromatic heterocycles. The van der Waals surface area contributed by atoms with Crippen LogP contribution in [-0.4, -0.2) is 31.5 Å². The standard InChI is InChI=1S/C19H15Cl2N3O3S/c1-26-14-6-4-12(16(9-14)27-2)10-22-24-19-23-18(25)17(28-19)7-11-3-5-13(20)8-15(11)21/h3-10H,1-2H3,(H,23,24,25). The number of benzene rings is 2. The van der Waals surface area contributed by atoms with Gasteiger partial charge in [-0.1, -0.05) is 29.3 Å². The smallest absolute Gasteiger partial charge is 0.264 e. The molecule has 0 bridgehead atoms. The van der Waals surface area contributed by atoms with Crippen molar-refractivity contribution in [3.05, 3.63) is 62.5 Å². The van der Waals surface area contributed by atoms with Crippen LogP contribution >= 0.6 is 35.0 Å². The number of hydrogen-bond acceptors (Lipinski definition) is 6. The molecule has 1 N–H and O–H groups in total. The van der Waals surface area contributed by atoms with Gasteiger partial charge in [-0.2, -0.15) is 5.10 Å². The average molecular weight is 436 g/mol. The molecule has 0 saturated carbocycles. The highest BCUT2D eigenvalue weighted by Gasteiger charge is 2.24. The van der Waals surface area contributed by atoms with Gasteiger partial charge >= 0.3 is 0 Å². The van der Waals surface area contributed by atoms with E-state index in [4.69, 9.17) is 32.7 Å². The maximum Gasteiger partial charge on any atom is 0.264 e. The van der Waals surface area contributed by atoms with Crippen LogP contribution in [0.25, 0.3) is 6.08 Å². The first-order valence-electron chi connectivity index (χ1n) is 7.99. The number of rotatable bonds is 5. The summed E-state index contributed by atoms with van der Waals surface area (Å²) < 4.78 is 10.5. The summed E-state index contributed by atoms with van der Waals surface area (Å²) in [5, 5.41) is 12.1. The summed E-state index contributed by atoms with van der Waals surface area (Å²) in [6, 6.07) is 10.4. The van der Waals surface area contributed by atoms with Crippen LogP contribution in [0, 0.1) is 0 Å². The second-order valence-electron chi connectivity index (χ2n) is 5.49. The van der Waals surface area contributed by atoms with E-state index in [1.165, 1.54) is 18.0 Å². The van der Waals surface area contributed by atoms with Crippen molar-refractivity contribution < 1.29 is 14.3 Å². The third kappa shape index (κ3) is 4.86. The van der Waals surface area contributed by atoms with E-state index >= 15 is 0 Å². The lowest BCUT2D eigenvalue weighted by atomic mass is 10.2. The van der Waals surface area contributed by atoms with E-state index in [9.17, 15) is 4.79 Å². The van der Waals surface area contributed by atoms with Crippen LogP contribution in [0.15, 0.2) is 51.5 Å². The van der Waals surface area contributed by atoms with E-state index in [0.29, 0.717) is 37.2 Å². The van der Waals surface area contributed by atoms with Crippen LogP contribution in [0.1, 0.15) is 11.1 Å². The maximum absolute atomic E-state index is 12.1. The Morgan fingerprint density at radius 2 is 1.86 bits per heavy atom. The Balaban J connectivity index is 1.75. The molecule has 1 saturated heterocycles. The number of nitrogens with zero attached hydrogens (tertiary/aromatic N) is 2. The molecule has 9 heteroatoms. The largest absolute Gasteiger partial charge is 0.497 e. The zero-order valence-corrected chi connectivity index (χ0v) is 17.2. The number of hydrogen-bond donors (Lipinski definition) is 1. The number of nitrogens with one attached hydrogen (secondary N) is 1. The third-order valence-corrected chi connectivity index (χ3v) is 5.15. The molecule has 28 heavy (non-hydrogen) atoms. The minimum Gasteiger partial charge on any atom is -0.497 e. The van der Waals surface area contributed by atoms with E-state index < -0.39 is 0 Å². The van der Waals surface area contributed by atoms with E-state index in [1.807, 2.05) is 0 Å². The Bertz CT molecular complexity index is 1010. The van der Waals surface area contributed by atoms with Crippen LogP contribution in [-0.2, 0) is 4.79 Å². The number of carbonyl (C=O) groups excluding carboxylic acids is 1. The summed E-state index contributed by atoms with van der Waals surface area (Å²) in [5.41, 5.74) is 1.42. The van der Waals surface area contributed by atoms with Crippen molar-refractivity contribution >= 4 is 58.3 Å². The van der Waals surface area contributed by atoms with E-state index in [-0.39, 0.29) is 5.91 Å². The predicted octanol–water partition coefficient (Wildman–Crippen LogP) is 4.60. The van der Waals surface area contributed by atoms with Crippen molar-refractivity contribution in [1.29, 1.82) is 0 Å². The highest BCUT2D eigenvalue weighted by molar-refractivity contribution is 8.18. The van der Waals surface area contributed by atoms with Crippen LogP contribution < -0.4 is 14.8 Å². The first-order valence-corrected chi connectivity index (χ1v) is 9.56. The summed E-state index contributed by atoms with van der Waals surface area (Å²) >= 11 is 13.2. The van der Waals surface area contributed by atoms with Crippen molar-refractivity contribution in [2.45, 2.75) is 0 Å². The molecule has 0 aliphatic carbocycles. The molecule has 0 spiro atoms. The fourth-order valence-corrected chi connectivity index (χ4v) is 3.54. The third-order valence-electron chi connectivity index (χ3n) is 3.69. The minimum absolute atomic E-state index is 0.271. The molecule has 2 aromatic carbocycles. The lowest BCUT2D eigenvalue weighted by Gasteiger charge is -2.06. The van der Waals surface area contributed by atoms with Gasteiger partial charge in [0.05, 0.1) is 25.3 Å². The van der Waals surface area contributed by atoms with E-state index in [0.717, 1.165) is 5.56 Å². The summed E-state index contributed by atoms with van der Waals surface area (Å²) in [5.74, 6) is 1.01. The summed E-state index contributed by atoms with van der Waals surface area (Å²) in [4.78, 5) is 12.6. The zero-order valence-electron chi connectivity index (χ0n) is 14.9. The minimum atomic E-state index is -0.271. The van der Waals surface area contributed by atoms with Gasteiger partial charge in [-0.25, -0.2) is 0 Å². The van der Waals surface area contributed by atoms with Gasteiger partial charge in [0.1, 0.15) is 11.5 Å². The molecule has 1 amide bonds. The number of amides is 1. The number of ether oxygens (including phenoxy) is 2. The van der Waals surface area contributed by atoms with Crippen LogP contribution in [0.3, 0.4) is 0 Å². The average Bonchev–Trinajstić information content (AvgIpc) is 3.03. The van der Waals surface area contributed by atoms with E-state index in [2.05, 4.69) is 15.5 Å². The maximum atomic E-state index is 12.1. The Hall–Kier alpha value is -2.48. The van der Waals surface area contributed by atoms with Gasteiger partial charge in [0, 0.05) is 21.7 Å². The fourth-order valence-electron chi connectivity index (χ4n) is 2.30. The van der Waals surface area contributed by atoms with Gasteiger partial charge in [-0.05, 0) is 47.7 Å². The van der Waals surface area contributed by atoms with Crippen molar-refractivity contribution in [2.75, 3.05) is 14.2 Å². The van der Waals surface area contributed by atoms with Crippen LogP contribution in [0.4, 0.5) is 0 Å². The van der Waals surface area contributed by atoms with Gasteiger partial charge < -0.3 is 9.47 Å². The Morgan fingerprint density at radius 3 is 2.57 bits per heavy atom. The van der Waals surface area contributed by atoms with Crippen LogP contribution in [0.2, 0.25) is 10.0 Å². The molecule has 1 aliphatic rings. The van der Waals surface area contributed by atoms with Gasteiger partial charge in [0.2, 0.25) is 0 Å². The number of carbonyl (C=O) groups is 1. The first kappa shape index (κ1) is 20.3. The quantitative estimate of drug-likeness (QED) is 0.422. The van der Waals surface area contributed by atoms with Gasteiger partial charge in [-0.3, -0.25) is 10.1 Å². The summed E-state index contributed by atoms with van der Waals surface area (Å²) in [7, 11) is 3.14. The van der Waals surface area contributed by atoms with Gasteiger partial charge in [0.25, 0.3) is 5.91 Å². The molecule has 6 nitrogen and oxygen atoms in total. The highest BCUT2D eigenvalue weighted by atomic mass is 35.5. The van der Waals surface area contributed by atoms with Crippen molar-refractivity contribution in [1.82, 2.24) is 5.32 Å². The second-order valence-corrected chi connectivity index (χ2v) is 7.36. The molecule has 0 atom stereocenters. The number of amidine groups is 1. The molecule has 144 valence electrons. The van der Waals surface area contributed by atoms with Crippen molar-refractivity contribution in [3.63, 3.8) is 0 Å². The SMILES string of the molecule is COc1ccc(C=N/N=C2/NC(=O)C(=Cc3ccc(Cl)cc3Cl)S2)c(OC)c1. The Morgan fingerprint density at radius 1 is 1.07 bits per heavy atom. The predicted molar refractivity (Wildman–Crippen MR) is 115 cm³/mol. The normalized spacial score (nSPS) is 16.8. The summed E-state index contributed by atoms with van der Waals surface area (Å²) in [6.07, 6.45) is 3.22. The molecular weight excluding hydrogens is 421 g/mol. The number of methoxy groups -OCH3 is 2. The van der Waals surface area contributed by atoms with Crippen molar-refractivity contribution in [2.24, 2.45) is 10.2 Å². The monoisotopic (exact) mass is 435 g/mol. The van der Waals surface area contributed by atoms with Gasteiger partial charge in [-0.15, -0.1) is 5.10 Å². The molecule has 2 aromatic rings. The Labute approximate surface area is 176 Å². The molecule has 1 heterocycles. The molecule has 3 rings (SSSR count).